The second-order valence-electron chi connectivity index (χ2n) is 8.76. The Morgan fingerprint density at radius 3 is 2.05 bits per heavy atom. The summed E-state index contributed by atoms with van der Waals surface area (Å²) in [5.41, 5.74) is 0.602. The molecule has 13 nitrogen and oxygen atoms in total. The Morgan fingerprint density at radius 2 is 1.49 bits per heavy atom. The van der Waals surface area contributed by atoms with Gasteiger partial charge in [0.2, 0.25) is 0 Å². The highest BCUT2D eigenvalue weighted by Crippen LogP contribution is 2.40. The van der Waals surface area contributed by atoms with Crippen LogP contribution in [0.3, 0.4) is 0 Å². The van der Waals surface area contributed by atoms with Gasteiger partial charge in [-0.15, -0.1) is 0 Å². The van der Waals surface area contributed by atoms with Crippen molar-refractivity contribution >= 4 is 64.2 Å². The average molecular weight is 612 g/mol. The van der Waals surface area contributed by atoms with E-state index in [0.717, 1.165) is 44.4 Å². The zero-order valence-corrected chi connectivity index (χ0v) is 24.7. The Morgan fingerprint density at radius 1 is 0.902 bits per heavy atom. The van der Waals surface area contributed by atoms with Gasteiger partial charge in [0.25, 0.3) is 5.91 Å². The molecule has 0 bridgehead atoms. The number of carbonyl (C=O) groups excluding carboxylic acids is 5. The summed E-state index contributed by atoms with van der Waals surface area (Å²) in [7, 11) is 2.97. The van der Waals surface area contributed by atoms with Gasteiger partial charge in [0, 0.05) is 27.7 Å². The summed E-state index contributed by atoms with van der Waals surface area (Å²) in [6, 6.07) is 5.05. The predicted octanol–water partition coefficient (Wildman–Crippen LogP) is 1.99. The molecule has 222 valence electrons. The van der Waals surface area contributed by atoms with Gasteiger partial charge in [-0.05, 0) is 23.8 Å². The fourth-order valence-corrected chi connectivity index (χ4v) is 5.52. The minimum Gasteiger partial charge on any atom is -0.493 e. The highest BCUT2D eigenvalue weighted by molar-refractivity contribution is 8.26. The second-order valence-corrected chi connectivity index (χ2v) is 10.4. The zero-order chi connectivity index (χ0) is 30.4. The van der Waals surface area contributed by atoms with Crippen molar-refractivity contribution in [2.24, 2.45) is 0 Å². The van der Waals surface area contributed by atoms with E-state index in [0.29, 0.717) is 17.1 Å². The van der Waals surface area contributed by atoms with Gasteiger partial charge in [-0.25, -0.2) is 0 Å². The molecule has 3 rings (SSSR count). The molecule has 0 spiro atoms. The number of methoxy groups -OCH3 is 2. The smallest absolute Gasteiger partial charge is 0.303 e. The SMILES string of the molecule is COc1ccc(/C=C2/SC(=S)N([C@@H]3O[C@H](COC(C)=O)[C@H](OC(C)=O)[C@@H](OC(C)=O)[C@H]3OC(C)=O)C2=O)cc1OC. The number of thiocarbonyl (C=S) groups is 1. The molecule has 15 heteroatoms. The van der Waals surface area contributed by atoms with Crippen LogP contribution < -0.4 is 9.47 Å². The molecule has 2 aliphatic heterocycles. The molecule has 0 radical (unpaired) electrons. The van der Waals surface area contributed by atoms with Gasteiger partial charge in [0.15, 0.2) is 40.4 Å². The first kappa shape index (κ1) is 31.8. The number of esters is 4. The first-order valence-corrected chi connectivity index (χ1v) is 13.4. The lowest BCUT2D eigenvalue weighted by Gasteiger charge is -2.46. The summed E-state index contributed by atoms with van der Waals surface area (Å²) in [6.07, 6.45) is -5.39. The number of rotatable bonds is 9. The van der Waals surface area contributed by atoms with Gasteiger partial charge in [-0.3, -0.25) is 28.9 Å². The minimum absolute atomic E-state index is 0.0441. The normalized spacial score (nSPS) is 25.0. The zero-order valence-electron chi connectivity index (χ0n) is 23.1. The first-order valence-electron chi connectivity index (χ1n) is 12.2. The summed E-state index contributed by atoms with van der Waals surface area (Å²) < 4.78 is 38.1. The number of amides is 1. The molecular formula is C26H29NO12S2. The third-order valence-electron chi connectivity index (χ3n) is 5.75. The molecule has 41 heavy (non-hydrogen) atoms. The lowest BCUT2D eigenvalue weighted by molar-refractivity contribution is -0.268. The quantitative estimate of drug-likeness (QED) is 0.173. The van der Waals surface area contributed by atoms with E-state index in [2.05, 4.69) is 0 Å². The maximum atomic E-state index is 13.7. The monoisotopic (exact) mass is 611 g/mol. The predicted molar refractivity (Wildman–Crippen MR) is 147 cm³/mol. The Hall–Kier alpha value is -3.69. The molecule has 5 atom stereocenters. The number of hydrogen-bond acceptors (Lipinski definition) is 14. The molecule has 0 aromatic heterocycles. The molecule has 2 aliphatic rings. The van der Waals surface area contributed by atoms with E-state index in [1.807, 2.05) is 0 Å². The van der Waals surface area contributed by atoms with Crippen LogP contribution in [-0.2, 0) is 47.7 Å². The average Bonchev–Trinajstić information content (AvgIpc) is 3.16. The highest BCUT2D eigenvalue weighted by Gasteiger charge is 2.56. The molecule has 2 heterocycles. The first-order chi connectivity index (χ1) is 19.4. The van der Waals surface area contributed by atoms with Crippen LogP contribution in [0.2, 0.25) is 0 Å². The van der Waals surface area contributed by atoms with E-state index >= 15 is 0 Å². The van der Waals surface area contributed by atoms with E-state index in [9.17, 15) is 24.0 Å². The molecule has 0 saturated carbocycles. The molecule has 2 fully saturated rings. The number of carbonyl (C=O) groups is 5. The molecule has 0 aliphatic carbocycles. The van der Waals surface area contributed by atoms with Gasteiger partial charge in [0.1, 0.15) is 12.7 Å². The molecule has 1 aromatic rings. The van der Waals surface area contributed by atoms with Crippen LogP contribution in [0.15, 0.2) is 23.1 Å². The maximum absolute atomic E-state index is 13.7. The Labute approximate surface area is 245 Å². The van der Waals surface area contributed by atoms with E-state index in [-0.39, 0.29) is 9.23 Å². The van der Waals surface area contributed by atoms with Gasteiger partial charge < -0.3 is 33.2 Å². The van der Waals surface area contributed by atoms with E-state index in [1.54, 1.807) is 24.3 Å². The third-order valence-corrected chi connectivity index (χ3v) is 7.08. The number of benzene rings is 1. The Kier molecular flexibility index (Phi) is 10.7. The number of thioether (sulfide) groups is 1. The summed E-state index contributed by atoms with van der Waals surface area (Å²) >= 11 is 6.46. The van der Waals surface area contributed by atoms with Crippen LogP contribution in [0.25, 0.3) is 6.08 Å². The fraction of sp³-hybridized carbons (Fsp3) is 0.462. The number of ether oxygens (including phenoxy) is 7. The lowest BCUT2D eigenvalue weighted by Crippen LogP contribution is -2.66. The van der Waals surface area contributed by atoms with Crippen LogP contribution >= 0.6 is 24.0 Å². The van der Waals surface area contributed by atoms with Crippen LogP contribution in [0, 0.1) is 0 Å². The van der Waals surface area contributed by atoms with Crippen LogP contribution in [-0.4, -0.2) is 90.5 Å². The van der Waals surface area contributed by atoms with Gasteiger partial charge in [0.05, 0.1) is 19.1 Å². The number of nitrogens with zero attached hydrogens (tertiary/aromatic N) is 1. The molecule has 0 N–H and O–H groups in total. The van der Waals surface area contributed by atoms with Crippen LogP contribution in [0.4, 0.5) is 0 Å². The van der Waals surface area contributed by atoms with E-state index in [4.69, 9.17) is 45.4 Å². The van der Waals surface area contributed by atoms with Crippen molar-refractivity contribution in [3.63, 3.8) is 0 Å². The largest absolute Gasteiger partial charge is 0.493 e. The summed E-state index contributed by atoms with van der Waals surface area (Å²) in [5, 5.41) is 0. The van der Waals surface area contributed by atoms with Gasteiger partial charge >= 0.3 is 23.9 Å². The van der Waals surface area contributed by atoms with Crippen molar-refractivity contribution in [1.82, 2.24) is 4.90 Å². The maximum Gasteiger partial charge on any atom is 0.303 e. The van der Waals surface area contributed by atoms with Crippen molar-refractivity contribution in [3.8, 4) is 11.5 Å². The molecule has 2 saturated heterocycles. The lowest BCUT2D eigenvalue weighted by atomic mass is 9.96. The molecule has 1 aromatic carbocycles. The van der Waals surface area contributed by atoms with Crippen molar-refractivity contribution in [2.45, 2.75) is 58.3 Å². The Bertz CT molecular complexity index is 1260. The van der Waals surface area contributed by atoms with Crippen molar-refractivity contribution in [3.05, 3.63) is 28.7 Å². The molecule has 1 amide bonds. The minimum atomic E-state index is -1.47. The number of hydrogen-bond donors (Lipinski definition) is 0. The van der Waals surface area contributed by atoms with E-state index in [1.165, 1.54) is 14.2 Å². The van der Waals surface area contributed by atoms with Crippen molar-refractivity contribution < 1.29 is 57.1 Å². The fourth-order valence-electron chi connectivity index (χ4n) is 4.21. The van der Waals surface area contributed by atoms with E-state index < -0.39 is 67.0 Å². The third kappa shape index (κ3) is 7.74. The summed E-state index contributed by atoms with van der Waals surface area (Å²) in [5.74, 6) is -2.70. The van der Waals surface area contributed by atoms with Gasteiger partial charge in [-0.1, -0.05) is 30.0 Å². The van der Waals surface area contributed by atoms with Crippen LogP contribution in [0.5, 0.6) is 11.5 Å². The van der Waals surface area contributed by atoms with Crippen LogP contribution in [0.1, 0.15) is 33.3 Å². The molecular weight excluding hydrogens is 582 g/mol. The second kappa shape index (κ2) is 13.8. The molecule has 0 unspecified atom stereocenters. The Balaban J connectivity index is 2.05. The van der Waals surface area contributed by atoms with Crippen molar-refractivity contribution in [1.29, 1.82) is 0 Å². The highest BCUT2D eigenvalue weighted by atomic mass is 32.2. The summed E-state index contributed by atoms with van der Waals surface area (Å²) in [6.45, 7) is 4.04. The van der Waals surface area contributed by atoms with Gasteiger partial charge in [-0.2, -0.15) is 0 Å². The standard InChI is InChI=1S/C26H29NO12S2/c1-12(28)35-11-19-21(36-13(2)29)22(37-14(3)30)23(38-15(4)31)25(39-19)27-24(32)20(41-26(27)40)10-16-7-8-17(33-5)18(9-16)34-6/h7-10,19,21-23,25H,11H2,1-6H3/b20-10+/t19-,21+,22-,23-,25-/m1/s1. The van der Waals surface area contributed by atoms with Crippen molar-refractivity contribution in [2.75, 3.05) is 20.8 Å². The summed E-state index contributed by atoms with van der Waals surface area (Å²) in [4.78, 5) is 62.7. The topological polar surface area (TPSA) is 153 Å².